The van der Waals surface area contributed by atoms with Crippen molar-refractivity contribution in [1.29, 1.82) is 0 Å². The summed E-state index contributed by atoms with van der Waals surface area (Å²) in [7, 11) is 0. The van der Waals surface area contributed by atoms with Crippen molar-refractivity contribution in [1.82, 2.24) is 15.0 Å². The molecule has 2 aromatic rings. The second-order valence-electron chi connectivity index (χ2n) is 4.01. The van der Waals surface area contributed by atoms with E-state index in [0.29, 0.717) is 30.9 Å². The summed E-state index contributed by atoms with van der Waals surface area (Å²) in [4.78, 5) is 0. The summed E-state index contributed by atoms with van der Waals surface area (Å²) in [5.41, 5.74) is 1.02. The molecular formula is C12H14ClFN4O. The Morgan fingerprint density at radius 1 is 1.42 bits per heavy atom. The maximum atomic E-state index is 13.6. The maximum Gasteiger partial charge on any atom is 0.164 e. The molecule has 0 aliphatic rings. The minimum Gasteiger partial charge on any atom is -0.396 e. The smallest absolute Gasteiger partial charge is 0.164 e. The Bertz CT molecular complexity index is 546. The molecule has 102 valence electrons. The largest absolute Gasteiger partial charge is 0.396 e. The van der Waals surface area contributed by atoms with Crippen molar-refractivity contribution in [3.05, 3.63) is 40.9 Å². The van der Waals surface area contributed by atoms with Crippen molar-refractivity contribution in [2.75, 3.05) is 11.9 Å². The Balaban J connectivity index is 1.95. The van der Waals surface area contributed by atoms with Gasteiger partial charge in [-0.1, -0.05) is 22.9 Å². The standard InChI is InChI=1S/C12H14ClFN4O/c13-10-3-1-4-11(12(10)14)15-7-9-8-18(17-16-9)5-2-6-19/h1,3-4,8,15,19H,2,5-7H2. The van der Waals surface area contributed by atoms with Gasteiger partial charge in [-0.3, -0.25) is 4.68 Å². The molecule has 1 heterocycles. The second-order valence-corrected chi connectivity index (χ2v) is 4.41. The number of aromatic nitrogens is 3. The Morgan fingerprint density at radius 3 is 3.05 bits per heavy atom. The highest BCUT2D eigenvalue weighted by atomic mass is 35.5. The molecule has 0 bridgehead atoms. The van der Waals surface area contributed by atoms with E-state index in [1.54, 1.807) is 23.0 Å². The van der Waals surface area contributed by atoms with E-state index in [0.717, 1.165) is 0 Å². The van der Waals surface area contributed by atoms with E-state index in [4.69, 9.17) is 16.7 Å². The van der Waals surface area contributed by atoms with Gasteiger partial charge < -0.3 is 10.4 Å². The fraction of sp³-hybridized carbons (Fsp3) is 0.333. The number of hydrogen-bond donors (Lipinski definition) is 2. The lowest BCUT2D eigenvalue weighted by Crippen LogP contribution is -2.02. The Hall–Kier alpha value is -1.66. The first-order valence-electron chi connectivity index (χ1n) is 5.88. The molecule has 1 aromatic heterocycles. The molecule has 0 amide bonds. The number of hydrogen-bond acceptors (Lipinski definition) is 4. The Kier molecular flexibility index (Phi) is 4.70. The lowest BCUT2D eigenvalue weighted by Gasteiger charge is -2.06. The van der Waals surface area contributed by atoms with Gasteiger partial charge in [-0.15, -0.1) is 5.10 Å². The monoisotopic (exact) mass is 284 g/mol. The predicted molar refractivity (Wildman–Crippen MR) is 70.5 cm³/mol. The third kappa shape index (κ3) is 3.65. The number of benzene rings is 1. The third-order valence-electron chi connectivity index (χ3n) is 2.54. The first-order chi connectivity index (χ1) is 9.20. The zero-order chi connectivity index (χ0) is 13.7. The Labute approximate surface area is 115 Å². The normalized spacial score (nSPS) is 10.7. The van der Waals surface area contributed by atoms with E-state index in [9.17, 15) is 4.39 Å². The van der Waals surface area contributed by atoms with Crippen molar-refractivity contribution in [2.45, 2.75) is 19.5 Å². The highest BCUT2D eigenvalue weighted by molar-refractivity contribution is 6.31. The van der Waals surface area contributed by atoms with Gasteiger partial charge in [0.15, 0.2) is 5.82 Å². The van der Waals surface area contributed by atoms with Crippen LogP contribution in [0.3, 0.4) is 0 Å². The molecule has 0 spiro atoms. The van der Waals surface area contributed by atoms with Crippen molar-refractivity contribution >= 4 is 17.3 Å². The minimum absolute atomic E-state index is 0.0802. The molecule has 7 heteroatoms. The summed E-state index contributed by atoms with van der Waals surface area (Å²) in [5.74, 6) is -0.475. The van der Waals surface area contributed by atoms with Crippen LogP contribution in [-0.2, 0) is 13.1 Å². The third-order valence-corrected chi connectivity index (χ3v) is 2.83. The second kappa shape index (κ2) is 6.49. The molecule has 0 aliphatic heterocycles. The van der Waals surface area contributed by atoms with Crippen molar-refractivity contribution in [3.63, 3.8) is 0 Å². The molecule has 2 N–H and O–H groups in total. The molecule has 0 aliphatic carbocycles. The molecule has 0 saturated heterocycles. The van der Waals surface area contributed by atoms with Gasteiger partial charge in [0.25, 0.3) is 0 Å². The summed E-state index contributed by atoms with van der Waals surface area (Å²) >= 11 is 5.69. The molecule has 0 atom stereocenters. The van der Waals surface area contributed by atoms with Crippen molar-refractivity contribution < 1.29 is 9.50 Å². The van der Waals surface area contributed by atoms with Crippen LogP contribution in [0.25, 0.3) is 0 Å². The van der Waals surface area contributed by atoms with Gasteiger partial charge in [-0.2, -0.15) is 0 Å². The first kappa shape index (κ1) is 13.8. The van der Waals surface area contributed by atoms with Gasteiger partial charge in [0.1, 0.15) is 5.69 Å². The van der Waals surface area contributed by atoms with Gasteiger partial charge in [0, 0.05) is 13.2 Å². The number of aliphatic hydroxyl groups excluding tert-OH is 1. The highest BCUT2D eigenvalue weighted by Crippen LogP contribution is 2.22. The van der Waals surface area contributed by atoms with E-state index >= 15 is 0 Å². The summed E-state index contributed by atoms with van der Waals surface area (Å²) < 4.78 is 15.3. The summed E-state index contributed by atoms with van der Waals surface area (Å²) in [6, 6.07) is 4.77. The number of aliphatic hydroxyl groups is 1. The number of nitrogens with zero attached hydrogens (tertiary/aromatic N) is 3. The topological polar surface area (TPSA) is 63.0 Å². The van der Waals surface area contributed by atoms with Gasteiger partial charge in [-0.05, 0) is 18.6 Å². The molecule has 19 heavy (non-hydrogen) atoms. The van der Waals surface area contributed by atoms with Crippen molar-refractivity contribution in [3.8, 4) is 0 Å². The van der Waals surface area contributed by atoms with E-state index in [-0.39, 0.29) is 11.6 Å². The number of nitrogens with one attached hydrogen (secondary N) is 1. The average molecular weight is 285 g/mol. The lowest BCUT2D eigenvalue weighted by molar-refractivity contribution is 0.276. The molecule has 0 fully saturated rings. The first-order valence-corrected chi connectivity index (χ1v) is 6.26. The van der Waals surface area contributed by atoms with Crippen LogP contribution in [0.1, 0.15) is 12.1 Å². The Morgan fingerprint density at radius 2 is 2.26 bits per heavy atom. The van der Waals surface area contributed by atoms with Crippen LogP contribution in [-0.4, -0.2) is 26.7 Å². The van der Waals surface area contributed by atoms with Crippen LogP contribution in [0.4, 0.5) is 10.1 Å². The molecule has 0 unspecified atom stereocenters. The van der Waals surface area contributed by atoms with E-state index in [2.05, 4.69) is 15.6 Å². The molecular weight excluding hydrogens is 271 g/mol. The van der Waals surface area contributed by atoms with Crippen LogP contribution in [0.2, 0.25) is 5.02 Å². The van der Waals surface area contributed by atoms with Crippen LogP contribution >= 0.6 is 11.6 Å². The zero-order valence-corrected chi connectivity index (χ0v) is 10.9. The van der Waals surface area contributed by atoms with Crippen LogP contribution in [0, 0.1) is 5.82 Å². The molecule has 0 saturated carbocycles. The summed E-state index contributed by atoms with van der Waals surface area (Å²) in [6.07, 6.45) is 2.38. The highest BCUT2D eigenvalue weighted by Gasteiger charge is 2.06. The summed E-state index contributed by atoms with van der Waals surface area (Å²) in [5, 5.41) is 19.6. The lowest BCUT2D eigenvalue weighted by atomic mass is 10.3. The zero-order valence-electron chi connectivity index (χ0n) is 10.2. The van der Waals surface area contributed by atoms with Crippen molar-refractivity contribution in [2.24, 2.45) is 0 Å². The molecule has 0 radical (unpaired) electrons. The SMILES string of the molecule is OCCCn1cc(CNc2cccc(Cl)c2F)nn1. The maximum absolute atomic E-state index is 13.6. The predicted octanol–water partition coefficient (Wildman–Crippen LogP) is 2.07. The molecule has 2 rings (SSSR count). The fourth-order valence-electron chi connectivity index (χ4n) is 1.59. The molecule has 5 nitrogen and oxygen atoms in total. The van der Waals surface area contributed by atoms with Gasteiger partial charge >= 0.3 is 0 Å². The van der Waals surface area contributed by atoms with Gasteiger partial charge in [0.2, 0.25) is 0 Å². The summed E-state index contributed by atoms with van der Waals surface area (Å²) in [6.45, 7) is 1.08. The van der Waals surface area contributed by atoms with Crippen LogP contribution in [0.5, 0.6) is 0 Å². The molecule has 1 aromatic carbocycles. The van der Waals surface area contributed by atoms with Gasteiger partial charge in [0.05, 0.1) is 23.5 Å². The van der Waals surface area contributed by atoms with Crippen LogP contribution in [0.15, 0.2) is 24.4 Å². The van der Waals surface area contributed by atoms with E-state index < -0.39 is 5.82 Å². The van der Waals surface area contributed by atoms with E-state index in [1.807, 2.05) is 0 Å². The van der Waals surface area contributed by atoms with Gasteiger partial charge in [-0.25, -0.2) is 4.39 Å². The quantitative estimate of drug-likeness (QED) is 0.852. The van der Waals surface area contributed by atoms with E-state index in [1.165, 1.54) is 6.07 Å². The van der Waals surface area contributed by atoms with Crippen LogP contribution < -0.4 is 5.32 Å². The average Bonchev–Trinajstić information content (AvgIpc) is 2.86. The number of aryl methyl sites for hydroxylation is 1. The number of anilines is 1. The number of rotatable bonds is 6. The minimum atomic E-state index is -0.475. The number of halogens is 2. The fourth-order valence-corrected chi connectivity index (χ4v) is 1.76.